The quantitative estimate of drug-likeness (QED) is 0.496. The average Bonchev–Trinajstić information content (AvgIpc) is 2.30. The van der Waals surface area contributed by atoms with Crippen LogP contribution in [0.1, 0.15) is 25.7 Å². The van der Waals surface area contributed by atoms with E-state index in [1.165, 1.54) is 0 Å². The number of Topliss-reactive ketones (excluding diaryl/α,β-unsaturated/α-hetero) is 1. The van der Waals surface area contributed by atoms with Crippen molar-refractivity contribution in [3.8, 4) is 0 Å². The van der Waals surface area contributed by atoms with Crippen molar-refractivity contribution in [3.63, 3.8) is 0 Å². The van der Waals surface area contributed by atoms with Crippen LogP contribution >= 0.6 is 34.2 Å². The average molecular weight is 297 g/mol. The van der Waals surface area contributed by atoms with Crippen LogP contribution in [-0.4, -0.2) is 14.1 Å². The molecule has 4 rings (SSSR count). The SMILES string of the molecule is O=C1C2CC3CC1(Cl)CC3(I)C2. The lowest BCUT2D eigenvalue weighted by Crippen LogP contribution is -2.41. The molecular formula is C9H10ClIO. The topological polar surface area (TPSA) is 17.1 Å². The van der Waals surface area contributed by atoms with Gasteiger partial charge in [0.15, 0.2) is 5.78 Å². The van der Waals surface area contributed by atoms with Gasteiger partial charge in [-0.3, -0.25) is 4.79 Å². The summed E-state index contributed by atoms with van der Waals surface area (Å²) in [5.41, 5.74) is 0. The predicted molar refractivity (Wildman–Crippen MR) is 55.8 cm³/mol. The molecule has 4 aliphatic carbocycles. The first kappa shape index (κ1) is 8.04. The van der Waals surface area contributed by atoms with Gasteiger partial charge in [0, 0.05) is 9.34 Å². The zero-order chi connectivity index (χ0) is 8.56. The van der Waals surface area contributed by atoms with Gasteiger partial charge in [0.25, 0.3) is 0 Å². The van der Waals surface area contributed by atoms with E-state index in [0.29, 0.717) is 15.1 Å². The Hall–Kier alpha value is 0.690. The number of hydrogen-bond acceptors (Lipinski definition) is 1. The van der Waals surface area contributed by atoms with E-state index in [1.54, 1.807) is 0 Å². The van der Waals surface area contributed by atoms with Gasteiger partial charge < -0.3 is 0 Å². The third kappa shape index (κ3) is 0.746. The zero-order valence-corrected chi connectivity index (χ0v) is 9.56. The van der Waals surface area contributed by atoms with Crippen LogP contribution in [0.4, 0.5) is 0 Å². The summed E-state index contributed by atoms with van der Waals surface area (Å²) in [5, 5.41) is 0. The third-order valence-electron chi connectivity index (χ3n) is 3.84. The van der Waals surface area contributed by atoms with Crippen molar-refractivity contribution in [2.24, 2.45) is 11.8 Å². The van der Waals surface area contributed by atoms with Gasteiger partial charge in [-0.05, 0) is 31.6 Å². The molecule has 4 aliphatic rings. The van der Waals surface area contributed by atoms with Gasteiger partial charge in [-0.25, -0.2) is 0 Å². The summed E-state index contributed by atoms with van der Waals surface area (Å²) >= 11 is 8.86. The molecule has 4 atom stereocenters. The number of halogens is 2. The third-order valence-corrected chi connectivity index (χ3v) is 6.02. The number of ketones is 1. The number of hydrogen-bond donors (Lipinski definition) is 0. The molecule has 66 valence electrons. The molecule has 4 bridgehead atoms. The van der Waals surface area contributed by atoms with E-state index in [2.05, 4.69) is 22.6 Å². The fraction of sp³-hybridized carbons (Fsp3) is 0.889. The molecule has 1 nitrogen and oxygen atoms in total. The first-order valence-electron chi connectivity index (χ1n) is 4.46. The summed E-state index contributed by atoms with van der Waals surface area (Å²) in [6.07, 6.45) is 4.11. The molecular weight excluding hydrogens is 286 g/mol. The molecule has 0 N–H and O–H groups in total. The fourth-order valence-corrected chi connectivity index (χ4v) is 5.84. The van der Waals surface area contributed by atoms with Crippen molar-refractivity contribution in [1.82, 2.24) is 0 Å². The van der Waals surface area contributed by atoms with Gasteiger partial charge in [0.1, 0.15) is 4.87 Å². The number of alkyl halides is 2. The van der Waals surface area contributed by atoms with Crippen LogP contribution in [0.2, 0.25) is 0 Å². The molecule has 0 aromatic rings. The molecule has 0 spiro atoms. The molecule has 4 unspecified atom stereocenters. The van der Waals surface area contributed by atoms with Gasteiger partial charge in [-0.15, -0.1) is 11.6 Å². The maximum atomic E-state index is 11.7. The van der Waals surface area contributed by atoms with Crippen molar-refractivity contribution >= 4 is 40.0 Å². The molecule has 0 amide bonds. The van der Waals surface area contributed by atoms with Gasteiger partial charge in [-0.2, -0.15) is 0 Å². The molecule has 4 saturated carbocycles. The highest BCUT2D eigenvalue weighted by Gasteiger charge is 2.66. The number of carbonyl (C=O) groups excluding carboxylic acids is 1. The Bertz CT molecular complexity index is 280. The van der Waals surface area contributed by atoms with Crippen molar-refractivity contribution < 1.29 is 4.79 Å². The molecule has 0 aromatic heterocycles. The van der Waals surface area contributed by atoms with Crippen LogP contribution < -0.4 is 0 Å². The Labute approximate surface area is 90.4 Å². The molecule has 4 fully saturated rings. The van der Waals surface area contributed by atoms with E-state index in [1.807, 2.05) is 0 Å². The first-order chi connectivity index (χ1) is 5.54. The second kappa shape index (κ2) is 2.02. The highest BCUT2D eigenvalue weighted by molar-refractivity contribution is 14.1. The molecule has 12 heavy (non-hydrogen) atoms. The maximum Gasteiger partial charge on any atom is 0.156 e. The highest BCUT2D eigenvalue weighted by atomic mass is 127. The predicted octanol–water partition coefficient (Wildman–Crippen LogP) is 2.54. The zero-order valence-electron chi connectivity index (χ0n) is 6.65. The van der Waals surface area contributed by atoms with Crippen LogP contribution in [-0.2, 0) is 4.79 Å². The summed E-state index contributed by atoms with van der Waals surface area (Å²) in [5.74, 6) is 1.40. The standard InChI is InChI=1S/C9H10ClIO/c10-8-3-6-1-5(7(8)12)2-9(6,11)4-8/h5-6H,1-4H2. The highest BCUT2D eigenvalue weighted by Crippen LogP contribution is 2.66. The van der Waals surface area contributed by atoms with Gasteiger partial charge >= 0.3 is 0 Å². The van der Waals surface area contributed by atoms with Gasteiger partial charge in [-0.1, -0.05) is 22.6 Å². The minimum absolute atomic E-state index is 0.312. The lowest BCUT2D eigenvalue weighted by atomic mass is 9.80. The number of carbonyl (C=O) groups is 1. The normalized spacial score (nSPS) is 61.7. The smallest absolute Gasteiger partial charge is 0.156 e. The van der Waals surface area contributed by atoms with Crippen molar-refractivity contribution in [1.29, 1.82) is 0 Å². The van der Waals surface area contributed by atoms with Crippen LogP contribution in [0.5, 0.6) is 0 Å². The largest absolute Gasteiger partial charge is 0.297 e. The number of rotatable bonds is 0. The second-order valence-electron chi connectivity index (χ2n) is 4.58. The van der Waals surface area contributed by atoms with E-state index in [-0.39, 0.29) is 0 Å². The van der Waals surface area contributed by atoms with Crippen LogP contribution in [0, 0.1) is 11.8 Å². The summed E-state index contributed by atoms with van der Waals surface area (Å²) in [6.45, 7) is 0. The van der Waals surface area contributed by atoms with Gasteiger partial charge in [0.05, 0.1) is 0 Å². The Kier molecular flexibility index (Phi) is 1.36. The fourth-order valence-electron chi connectivity index (χ4n) is 3.38. The van der Waals surface area contributed by atoms with Crippen LogP contribution in [0.15, 0.2) is 0 Å². The van der Waals surface area contributed by atoms with E-state index in [9.17, 15) is 4.79 Å². The van der Waals surface area contributed by atoms with Gasteiger partial charge in [0.2, 0.25) is 0 Å². The molecule has 0 saturated heterocycles. The summed E-state index contributed by atoms with van der Waals surface area (Å²) in [6, 6.07) is 0. The van der Waals surface area contributed by atoms with Crippen LogP contribution in [0.3, 0.4) is 0 Å². The lowest BCUT2D eigenvalue weighted by Gasteiger charge is -2.32. The maximum absolute atomic E-state index is 11.7. The summed E-state index contributed by atoms with van der Waals surface area (Å²) in [7, 11) is 0. The summed E-state index contributed by atoms with van der Waals surface area (Å²) < 4.78 is 0.387. The van der Waals surface area contributed by atoms with E-state index in [0.717, 1.165) is 31.6 Å². The monoisotopic (exact) mass is 296 g/mol. The lowest BCUT2D eigenvalue weighted by molar-refractivity contribution is -0.127. The second-order valence-corrected chi connectivity index (χ2v) is 7.45. The molecule has 0 aliphatic heterocycles. The minimum atomic E-state index is -0.437. The van der Waals surface area contributed by atoms with Crippen LogP contribution in [0.25, 0.3) is 0 Å². The Balaban J connectivity index is 2.12. The Morgan fingerprint density at radius 2 is 2.25 bits per heavy atom. The Morgan fingerprint density at radius 1 is 1.50 bits per heavy atom. The molecule has 3 heteroatoms. The molecule has 0 aromatic carbocycles. The van der Waals surface area contributed by atoms with Crippen molar-refractivity contribution in [2.75, 3.05) is 0 Å². The van der Waals surface area contributed by atoms with E-state index >= 15 is 0 Å². The van der Waals surface area contributed by atoms with E-state index in [4.69, 9.17) is 11.6 Å². The van der Waals surface area contributed by atoms with Crippen molar-refractivity contribution in [3.05, 3.63) is 0 Å². The minimum Gasteiger partial charge on any atom is -0.297 e. The molecule has 0 heterocycles. The molecule has 0 radical (unpaired) electrons. The van der Waals surface area contributed by atoms with Crippen molar-refractivity contribution in [2.45, 2.75) is 34.0 Å². The first-order valence-corrected chi connectivity index (χ1v) is 5.91. The summed E-state index contributed by atoms with van der Waals surface area (Å²) in [4.78, 5) is 11.3. The Morgan fingerprint density at radius 3 is 2.83 bits per heavy atom. The van der Waals surface area contributed by atoms with E-state index < -0.39 is 4.87 Å².